The molecule has 0 unspecified atom stereocenters. The summed E-state index contributed by atoms with van der Waals surface area (Å²) < 4.78 is 12.8. The van der Waals surface area contributed by atoms with Crippen LogP contribution in [0.25, 0.3) is 0 Å². The Kier molecular flexibility index (Phi) is 5.72. The van der Waals surface area contributed by atoms with Gasteiger partial charge in [0.1, 0.15) is 5.82 Å². The van der Waals surface area contributed by atoms with E-state index >= 15 is 0 Å². The maximum atomic E-state index is 12.8. The minimum Gasteiger partial charge on any atom is -0.347 e. The lowest BCUT2D eigenvalue weighted by atomic mass is 10.1. The van der Waals surface area contributed by atoms with Crippen LogP contribution in [-0.4, -0.2) is 36.3 Å². The third kappa shape index (κ3) is 5.17. The monoisotopic (exact) mass is 292 g/mol. The van der Waals surface area contributed by atoms with E-state index in [1.54, 1.807) is 12.1 Å². The molecule has 21 heavy (non-hydrogen) atoms. The van der Waals surface area contributed by atoms with E-state index < -0.39 is 0 Å². The smallest absolute Gasteiger partial charge is 0.241 e. The average Bonchev–Trinajstić information content (AvgIpc) is 2.76. The summed E-state index contributed by atoms with van der Waals surface area (Å²) in [6.07, 6.45) is 4.57. The SMILES string of the molecule is O=C(Cc1ccc(F)cc1)NCC(=O)N1CCCCCC1. The van der Waals surface area contributed by atoms with Crippen molar-refractivity contribution in [3.63, 3.8) is 0 Å². The van der Waals surface area contributed by atoms with Crippen LogP contribution in [0.3, 0.4) is 0 Å². The van der Waals surface area contributed by atoms with Gasteiger partial charge in [0.05, 0.1) is 13.0 Å². The van der Waals surface area contributed by atoms with E-state index in [4.69, 9.17) is 0 Å². The number of rotatable bonds is 4. The lowest BCUT2D eigenvalue weighted by Crippen LogP contribution is -2.41. The molecule has 0 spiro atoms. The second-order valence-corrected chi connectivity index (χ2v) is 5.37. The van der Waals surface area contributed by atoms with Gasteiger partial charge in [0.25, 0.3) is 0 Å². The van der Waals surface area contributed by atoms with Gasteiger partial charge in [-0.1, -0.05) is 25.0 Å². The average molecular weight is 292 g/mol. The largest absolute Gasteiger partial charge is 0.347 e. The van der Waals surface area contributed by atoms with Crippen LogP contribution >= 0.6 is 0 Å². The fraction of sp³-hybridized carbons (Fsp3) is 0.500. The summed E-state index contributed by atoms with van der Waals surface area (Å²) in [6.45, 7) is 1.61. The Morgan fingerprint density at radius 1 is 1.05 bits per heavy atom. The third-order valence-corrected chi connectivity index (χ3v) is 3.67. The van der Waals surface area contributed by atoms with Gasteiger partial charge in [-0.3, -0.25) is 9.59 Å². The van der Waals surface area contributed by atoms with Crippen molar-refractivity contribution in [1.29, 1.82) is 0 Å². The molecule has 1 aliphatic heterocycles. The Morgan fingerprint density at radius 3 is 2.29 bits per heavy atom. The molecule has 0 aliphatic carbocycles. The first-order valence-electron chi connectivity index (χ1n) is 7.44. The maximum absolute atomic E-state index is 12.8. The van der Waals surface area contributed by atoms with Gasteiger partial charge in [-0.15, -0.1) is 0 Å². The van der Waals surface area contributed by atoms with Crippen LogP contribution in [0.1, 0.15) is 31.2 Å². The molecule has 1 N–H and O–H groups in total. The first-order chi connectivity index (χ1) is 10.1. The minimum absolute atomic E-state index is 0.0237. The molecule has 1 fully saturated rings. The second-order valence-electron chi connectivity index (χ2n) is 5.37. The molecule has 1 saturated heterocycles. The molecule has 1 aromatic rings. The fourth-order valence-electron chi connectivity index (χ4n) is 2.46. The molecule has 1 aromatic carbocycles. The molecule has 1 aliphatic rings. The topological polar surface area (TPSA) is 49.4 Å². The Labute approximate surface area is 124 Å². The number of nitrogens with one attached hydrogen (secondary N) is 1. The zero-order chi connectivity index (χ0) is 15.1. The van der Waals surface area contributed by atoms with Crippen LogP contribution in [-0.2, 0) is 16.0 Å². The summed E-state index contributed by atoms with van der Waals surface area (Å²) in [5, 5.41) is 2.64. The van der Waals surface area contributed by atoms with Gasteiger partial charge in [0, 0.05) is 13.1 Å². The van der Waals surface area contributed by atoms with E-state index in [-0.39, 0.29) is 30.6 Å². The third-order valence-electron chi connectivity index (χ3n) is 3.67. The van der Waals surface area contributed by atoms with Gasteiger partial charge in [0.2, 0.25) is 11.8 Å². The van der Waals surface area contributed by atoms with Gasteiger partial charge in [-0.2, -0.15) is 0 Å². The number of amides is 2. The first-order valence-corrected chi connectivity index (χ1v) is 7.44. The van der Waals surface area contributed by atoms with Crippen LogP contribution in [0.5, 0.6) is 0 Å². The molecule has 2 rings (SSSR count). The van der Waals surface area contributed by atoms with Crippen LogP contribution in [0, 0.1) is 5.82 Å². The second kappa shape index (κ2) is 7.76. The molecule has 0 radical (unpaired) electrons. The number of nitrogens with zero attached hydrogens (tertiary/aromatic N) is 1. The summed E-state index contributed by atoms with van der Waals surface area (Å²) in [7, 11) is 0. The van der Waals surface area contributed by atoms with E-state index in [2.05, 4.69) is 5.32 Å². The van der Waals surface area contributed by atoms with E-state index in [1.165, 1.54) is 25.0 Å². The van der Waals surface area contributed by atoms with Crippen LogP contribution < -0.4 is 5.32 Å². The number of carbonyl (C=O) groups excluding carboxylic acids is 2. The Morgan fingerprint density at radius 2 is 1.67 bits per heavy atom. The molecule has 0 aromatic heterocycles. The molecule has 0 bridgehead atoms. The molecule has 2 amide bonds. The van der Waals surface area contributed by atoms with E-state index in [1.807, 2.05) is 4.90 Å². The maximum Gasteiger partial charge on any atom is 0.241 e. The highest BCUT2D eigenvalue weighted by atomic mass is 19.1. The number of hydrogen-bond donors (Lipinski definition) is 1. The van der Waals surface area contributed by atoms with Gasteiger partial charge >= 0.3 is 0 Å². The lowest BCUT2D eigenvalue weighted by molar-refractivity contribution is -0.132. The molecule has 114 valence electrons. The van der Waals surface area contributed by atoms with E-state index in [0.29, 0.717) is 0 Å². The highest BCUT2D eigenvalue weighted by Gasteiger charge is 2.16. The minimum atomic E-state index is -0.324. The number of likely N-dealkylation sites (tertiary alicyclic amines) is 1. The summed E-state index contributed by atoms with van der Waals surface area (Å²) in [5.74, 6) is -0.565. The summed E-state index contributed by atoms with van der Waals surface area (Å²) in [5.41, 5.74) is 0.733. The van der Waals surface area contributed by atoms with E-state index in [0.717, 1.165) is 31.5 Å². The van der Waals surface area contributed by atoms with Crippen molar-refractivity contribution >= 4 is 11.8 Å². The number of hydrogen-bond acceptors (Lipinski definition) is 2. The van der Waals surface area contributed by atoms with Gasteiger partial charge < -0.3 is 10.2 Å². The van der Waals surface area contributed by atoms with Crippen molar-refractivity contribution in [2.24, 2.45) is 0 Å². The highest BCUT2D eigenvalue weighted by Crippen LogP contribution is 2.09. The van der Waals surface area contributed by atoms with Crippen molar-refractivity contribution in [1.82, 2.24) is 10.2 Å². The number of carbonyl (C=O) groups is 2. The predicted octanol–water partition coefficient (Wildman–Crippen LogP) is 1.89. The van der Waals surface area contributed by atoms with Crippen molar-refractivity contribution in [2.45, 2.75) is 32.1 Å². The summed E-state index contributed by atoms with van der Waals surface area (Å²) >= 11 is 0. The number of halogens is 1. The van der Waals surface area contributed by atoms with Gasteiger partial charge in [-0.05, 0) is 30.5 Å². The van der Waals surface area contributed by atoms with E-state index in [9.17, 15) is 14.0 Å². The normalized spacial score (nSPS) is 15.4. The predicted molar refractivity (Wildman–Crippen MR) is 78.2 cm³/mol. The van der Waals surface area contributed by atoms with Gasteiger partial charge in [0.15, 0.2) is 0 Å². The molecule has 0 atom stereocenters. The quantitative estimate of drug-likeness (QED) is 0.921. The first kappa shape index (κ1) is 15.5. The molecule has 5 heteroatoms. The molecular formula is C16H21FN2O2. The summed E-state index contributed by atoms with van der Waals surface area (Å²) in [4.78, 5) is 25.6. The van der Waals surface area contributed by atoms with Gasteiger partial charge in [-0.25, -0.2) is 4.39 Å². The number of benzene rings is 1. The van der Waals surface area contributed by atoms with Crippen molar-refractivity contribution in [3.8, 4) is 0 Å². The van der Waals surface area contributed by atoms with Crippen LogP contribution in [0.4, 0.5) is 4.39 Å². The fourth-order valence-corrected chi connectivity index (χ4v) is 2.46. The van der Waals surface area contributed by atoms with Crippen molar-refractivity contribution < 1.29 is 14.0 Å². The summed E-state index contributed by atoms with van der Waals surface area (Å²) in [6, 6.07) is 5.80. The van der Waals surface area contributed by atoms with Crippen LogP contribution in [0.15, 0.2) is 24.3 Å². The zero-order valence-electron chi connectivity index (χ0n) is 12.1. The molecule has 0 saturated carbocycles. The molecular weight excluding hydrogens is 271 g/mol. The standard InChI is InChI=1S/C16H21FN2O2/c17-14-7-5-13(6-8-14)11-15(20)18-12-16(21)19-9-3-1-2-4-10-19/h5-8H,1-4,9-12H2,(H,18,20). The van der Waals surface area contributed by atoms with Crippen molar-refractivity contribution in [2.75, 3.05) is 19.6 Å². The zero-order valence-corrected chi connectivity index (χ0v) is 12.1. The lowest BCUT2D eigenvalue weighted by Gasteiger charge is -2.20. The van der Waals surface area contributed by atoms with Crippen LogP contribution in [0.2, 0.25) is 0 Å². The highest BCUT2D eigenvalue weighted by molar-refractivity contribution is 5.85. The Hall–Kier alpha value is -1.91. The Balaban J connectivity index is 1.75. The molecule has 4 nitrogen and oxygen atoms in total. The molecule has 1 heterocycles. The van der Waals surface area contributed by atoms with Crippen molar-refractivity contribution in [3.05, 3.63) is 35.6 Å². The Bertz CT molecular complexity index is 480.